The second kappa shape index (κ2) is 9.40. The lowest BCUT2D eigenvalue weighted by atomic mass is 10.00. The Hall–Kier alpha value is -4.39. The number of aliphatic carboxylic acids is 1. The molecule has 0 saturated carbocycles. The van der Waals surface area contributed by atoms with Crippen LogP contribution >= 0.6 is 0 Å². The number of carboxylic acids is 1. The number of carboxylic acid groups (broad SMARTS) is 1. The number of nitrogens with one attached hydrogen (secondary N) is 2. The van der Waals surface area contributed by atoms with Crippen molar-refractivity contribution in [3.8, 4) is 0 Å². The zero-order valence-electron chi connectivity index (χ0n) is 18.0. The van der Waals surface area contributed by atoms with Crippen molar-refractivity contribution in [2.24, 2.45) is 0 Å². The third-order valence-corrected chi connectivity index (χ3v) is 5.33. The van der Waals surface area contributed by atoms with Gasteiger partial charge < -0.3 is 20.6 Å². The third kappa shape index (κ3) is 4.62. The van der Waals surface area contributed by atoms with Crippen molar-refractivity contribution < 1.29 is 19.5 Å². The molecule has 0 aromatic heterocycles. The lowest BCUT2D eigenvalue weighted by Gasteiger charge is -2.21. The molecule has 3 aromatic carbocycles. The molecule has 7 heteroatoms. The second-order valence-electron chi connectivity index (χ2n) is 7.51. The van der Waals surface area contributed by atoms with Gasteiger partial charge >= 0.3 is 5.97 Å². The van der Waals surface area contributed by atoms with Gasteiger partial charge in [-0.2, -0.15) is 0 Å². The summed E-state index contributed by atoms with van der Waals surface area (Å²) in [5.41, 5.74) is 4.79. The number of nitrogens with zero attached hydrogens (tertiary/aromatic N) is 1. The predicted octanol–water partition coefficient (Wildman–Crippen LogP) is 4.45. The van der Waals surface area contributed by atoms with Gasteiger partial charge in [-0.15, -0.1) is 0 Å². The van der Waals surface area contributed by atoms with E-state index in [9.17, 15) is 14.4 Å². The van der Waals surface area contributed by atoms with Gasteiger partial charge in [0, 0.05) is 29.0 Å². The Morgan fingerprint density at radius 1 is 0.939 bits per heavy atom. The molecule has 0 unspecified atom stereocenters. The van der Waals surface area contributed by atoms with Gasteiger partial charge in [0.25, 0.3) is 5.91 Å². The Labute approximate surface area is 191 Å². The van der Waals surface area contributed by atoms with Crippen LogP contribution in [0.5, 0.6) is 0 Å². The quantitative estimate of drug-likeness (QED) is 0.471. The highest BCUT2D eigenvalue weighted by Gasteiger charge is 2.28. The standard InChI is InChI=1S/C26H23N3O4/c1-2-22(30)29(16-23(31)32)19-14-12-18(13-15-19)27-25(17-8-4-3-5-9-17)24-20-10-6-7-11-21(20)28-26(24)33/h3-15,27H,2,16H2,1H3,(H,28,33)(H,31,32). The zero-order valence-corrected chi connectivity index (χ0v) is 18.0. The number of rotatable bonds is 7. The number of carbonyl (C=O) groups excluding carboxylic acids is 2. The molecule has 0 spiro atoms. The highest BCUT2D eigenvalue weighted by molar-refractivity contribution is 6.37. The van der Waals surface area contributed by atoms with Crippen molar-refractivity contribution in [2.45, 2.75) is 13.3 Å². The molecule has 2 amide bonds. The Morgan fingerprint density at radius 2 is 1.61 bits per heavy atom. The fraction of sp³-hybridized carbons (Fsp3) is 0.115. The molecule has 0 fully saturated rings. The van der Waals surface area contributed by atoms with Gasteiger partial charge in [0.2, 0.25) is 5.91 Å². The first kappa shape index (κ1) is 21.8. The molecule has 4 rings (SSSR count). The molecular formula is C26H23N3O4. The first-order valence-electron chi connectivity index (χ1n) is 10.6. The maximum absolute atomic E-state index is 12.9. The van der Waals surface area contributed by atoms with Crippen LogP contribution in [0.2, 0.25) is 0 Å². The number of anilines is 3. The predicted molar refractivity (Wildman–Crippen MR) is 129 cm³/mol. The van der Waals surface area contributed by atoms with E-state index in [1.807, 2.05) is 54.6 Å². The summed E-state index contributed by atoms with van der Waals surface area (Å²) in [7, 11) is 0. The third-order valence-electron chi connectivity index (χ3n) is 5.33. The molecule has 0 atom stereocenters. The van der Waals surface area contributed by atoms with Gasteiger partial charge in [-0.3, -0.25) is 14.4 Å². The number of fused-ring (bicyclic) bond motifs is 1. The van der Waals surface area contributed by atoms with Crippen molar-refractivity contribution in [2.75, 3.05) is 22.1 Å². The molecule has 0 aliphatic carbocycles. The van der Waals surface area contributed by atoms with Crippen LogP contribution in [0.25, 0.3) is 11.3 Å². The maximum atomic E-state index is 12.9. The number of benzene rings is 3. The largest absolute Gasteiger partial charge is 0.480 e. The Balaban J connectivity index is 1.72. The monoisotopic (exact) mass is 441 g/mol. The summed E-state index contributed by atoms with van der Waals surface area (Å²) in [6.07, 6.45) is 0.200. The van der Waals surface area contributed by atoms with Gasteiger partial charge in [0.15, 0.2) is 0 Å². The molecule has 0 bridgehead atoms. The van der Waals surface area contributed by atoms with Crippen LogP contribution in [0.3, 0.4) is 0 Å². The van der Waals surface area contributed by atoms with E-state index in [0.717, 1.165) is 16.8 Å². The van der Waals surface area contributed by atoms with Crippen LogP contribution in [-0.2, 0) is 14.4 Å². The van der Waals surface area contributed by atoms with Gasteiger partial charge in [-0.05, 0) is 35.9 Å². The van der Waals surface area contributed by atoms with E-state index in [-0.39, 0.29) is 18.2 Å². The van der Waals surface area contributed by atoms with E-state index in [1.54, 1.807) is 31.2 Å². The minimum absolute atomic E-state index is 0.194. The van der Waals surface area contributed by atoms with Crippen molar-refractivity contribution >= 4 is 46.1 Å². The Kier molecular flexibility index (Phi) is 6.22. The first-order chi connectivity index (χ1) is 16.0. The van der Waals surface area contributed by atoms with Crippen LogP contribution in [-0.4, -0.2) is 29.4 Å². The average molecular weight is 441 g/mol. The average Bonchev–Trinajstić information content (AvgIpc) is 3.17. The van der Waals surface area contributed by atoms with E-state index in [1.165, 1.54) is 4.90 Å². The molecule has 166 valence electrons. The molecular weight excluding hydrogens is 418 g/mol. The Bertz CT molecular complexity index is 1230. The van der Waals surface area contributed by atoms with E-state index >= 15 is 0 Å². The normalized spacial score (nSPS) is 13.7. The summed E-state index contributed by atoms with van der Waals surface area (Å²) in [6, 6.07) is 24.0. The summed E-state index contributed by atoms with van der Waals surface area (Å²) < 4.78 is 0. The number of hydrogen-bond donors (Lipinski definition) is 3. The molecule has 3 N–H and O–H groups in total. The van der Waals surface area contributed by atoms with Gasteiger partial charge in [0.05, 0.1) is 11.3 Å². The molecule has 1 heterocycles. The summed E-state index contributed by atoms with van der Waals surface area (Å²) >= 11 is 0. The highest BCUT2D eigenvalue weighted by atomic mass is 16.4. The lowest BCUT2D eigenvalue weighted by molar-refractivity contribution is -0.136. The van der Waals surface area contributed by atoms with E-state index < -0.39 is 12.5 Å². The summed E-state index contributed by atoms with van der Waals surface area (Å²) in [6.45, 7) is 1.28. The zero-order chi connectivity index (χ0) is 23.4. The number of hydrogen-bond acceptors (Lipinski definition) is 4. The van der Waals surface area contributed by atoms with Gasteiger partial charge in [-0.1, -0.05) is 55.5 Å². The van der Waals surface area contributed by atoms with Crippen LogP contribution in [0.15, 0.2) is 78.9 Å². The molecule has 1 aliphatic heterocycles. The van der Waals surface area contributed by atoms with Crippen molar-refractivity contribution in [1.82, 2.24) is 0 Å². The van der Waals surface area contributed by atoms with Crippen LogP contribution in [0.4, 0.5) is 17.1 Å². The summed E-state index contributed by atoms with van der Waals surface area (Å²) in [4.78, 5) is 37.5. The fourth-order valence-corrected chi connectivity index (χ4v) is 3.77. The lowest BCUT2D eigenvalue weighted by Crippen LogP contribution is -2.35. The highest BCUT2D eigenvalue weighted by Crippen LogP contribution is 2.37. The minimum Gasteiger partial charge on any atom is -0.480 e. The van der Waals surface area contributed by atoms with Crippen LogP contribution in [0, 0.1) is 0 Å². The number of carbonyl (C=O) groups is 3. The smallest absolute Gasteiger partial charge is 0.323 e. The topological polar surface area (TPSA) is 98.7 Å². The second-order valence-corrected chi connectivity index (χ2v) is 7.51. The Morgan fingerprint density at radius 3 is 2.27 bits per heavy atom. The maximum Gasteiger partial charge on any atom is 0.323 e. The fourth-order valence-electron chi connectivity index (χ4n) is 3.77. The first-order valence-corrected chi connectivity index (χ1v) is 10.6. The van der Waals surface area contributed by atoms with E-state index in [2.05, 4.69) is 10.6 Å². The van der Waals surface area contributed by atoms with Crippen molar-refractivity contribution in [3.05, 3.63) is 90.0 Å². The van der Waals surface area contributed by atoms with Crippen LogP contribution in [0.1, 0.15) is 24.5 Å². The number of para-hydroxylation sites is 1. The molecule has 0 saturated heterocycles. The summed E-state index contributed by atoms with van der Waals surface area (Å²) in [5.74, 6) is -1.55. The molecule has 33 heavy (non-hydrogen) atoms. The molecule has 3 aromatic rings. The van der Waals surface area contributed by atoms with Gasteiger partial charge in [0.1, 0.15) is 6.54 Å². The van der Waals surface area contributed by atoms with Crippen molar-refractivity contribution in [1.29, 1.82) is 0 Å². The van der Waals surface area contributed by atoms with E-state index in [0.29, 0.717) is 22.6 Å². The minimum atomic E-state index is -1.08. The van der Waals surface area contributed by atoms with Gasteiger partial charge in [-0.25, -0.2) is 0 Å². The summed E-state index contributed by atoms with van der Waals surface area (Å²) in [5, 5.41) is 15.4. The van der Waals surface area contributed by atoms with Crippen LogP contribution < -0.4 is 15.5 Å². The van der Waals surface area contributed by atoms with E-state index in [4.69, 9.17) is 5.11 Å². The number of amides is 2. The molecule has 7 nitrogen and oxygen atoms in total. The molecule has 1 aliphatic rings. The SMILES string of the molecule is CCC(=O)N(CC(=O)O)c1ccc(NC(=C2C(=O)Nc3ccccc32)c2ccccc2)cc1. The molecule has 0 radical (unpaired) electrons. The van der Waals surface area contributed by atoms with Crippen molar-refractivity contribution in [3.63, 3.8) is 0 Å².